The molecule has 0 fully saturated rings. The summed E-state index contributed by atoms with van der Waals surface area (Å²) in [6.45, 7) is 0.253. The SMILES string of the molecule is C#CCNC(=O)c1ccccc1SCc1cccs1. The van der Waals surface area contributed by atoms with E-state index in [0.717, 1.165) is 10.6 Å². The van der Waals surface area contributed by atoms with Gasteiger partial charge in [0, 0.05) is 15.5 Å². The molecule has 1 amide bonds. The quantitative estimate of drug-likeness (QED) is 0.674. The van der Waals surface area contributed by atoms with Gasteiger partial charge in [0.1, 0.15) is 0 Å². The summed E-state index contributed by atoms with van der Waals surface area (Å²) in [6, 6.07) is 11.7. The Morgan fingerprint density at radius 3 is 2.89 bits per heavy atom. The van der Waals surface area contributed by atoms with Crippen LogP contribution in [-0.4, -0.2) is 12.5 Å². The van der Waals surface area contributed by atoms with Gasteiger partial charge < -0.3 is 5.32 Å². The van der Waals surface area contributed by atoms with Crippen LogP contribution in [0.5, 0.6) is 0 Å². The van der Waals surface area contributed by atoms with Gasteiger partial charge in [-0.05, 0) is 23.6 Å². The lowest BCUT2D eigenvalue weighted by Gasteiger charge is -2.08. The van der Waals surface area contributed by atoms with Crippen molar-refractivity contribution < 1.29 is 4.79 Å². The Hall–Kier alpha value is -1.70. The molecule has 1 aromatic carbocycles. The molecule has 0 bridgehead atoms. The molecule has 1 heterocycles. The van der Waals surface area contributed by atoms with Gasteiger partial charge in [-0.15, -0.1) is 29.5 Å². The van der Waals surface area contributed by atoms with Crippen molar-refractivity contribution >= 4 is 29.0 Å². The summed E-state index contributed by atoms with van der Waals surface area (Å²) >= 11 is 3.39. The van der Waals surface area contributed by atoms with Crippen LogP contribution in [0, 0.1) is 12.3 Å². The topological polar surface area (TPSA) is 29.1 Å². The number of terminal acetylenes is 1. The van der Waals surface area contributed by atoms with Gasteiger partial charge in [0.25, 0.3) is 5.91 Å². The van der Waals surface area contributed by atoms with Crippen molar-refractivity contribution in [1.29, 1.82) is 0 Å². The number of carbonyl (C=O) groups excluding carboxylic acids is 1. The molecule has 2 aromatic rings. The first-order valence-corrected chi connectivity index (χ1v) is 7.63. The van der Waals surface area contributed by atoms with Crippen LogP contribution in [0.15, 0.2) is 46.7 Å². The maximum absolute atomic E-state index is 12.0. The predicted molar refractivity (Wildman–Crippen MR) is 81.5 cm³/mol. The van der Waals surface area contributed by atoms with Crippen LogP contribution >= 0.6 is 23.1 Å². The molecule has 2 nitrogen and oxygen atoms in total. The number of amides is 1. The van der Waals surface area contributed by atoms with Crippen LogP contribution in [0.4, 0.5) is 0 Å². The number of nitrogens with one attached hydrogen (secondary N) is 1. The molecular weight excluding hydrogens is 274 g/mol. The first-order valence-electron chi connectivity index (χ1n) is 5.77. The van der Waals surface area contributed by atoms with E-state index in [-0.39, 0.29) is 12.5 Å². The molecule has 1 N–H and O–H groups in total. The lowest BCUT2D eigenvalue weighted by atomic mass is 10.2. The third-order valence-corrected chi connectivity index (χ3v) is 4.61. The third kappa shape index (κ3) is 3.88. The second kappa shape index (κ2) is 7.03. The zero-order valence-corrected chi connectivity index (χ0v) is 11.9. The fourth-order valence-corrected chi connectivity index (χ4v) is 3.37. The minimum absolute atomic E-state index is 0.118. The number of hydrogen-bond acceptors (Lipinski definition) is 3. The summed E-state index contributed by atoms with van der Waals surface area (Å²) in [6.07, 6.45) is 5.15. The average molecular weight is 287 g/mol. The molecule has 0 saturated heterocycles. The number of rotatable bonds is 5. The highest BCUT2D eigenvalue weighted by Crippen LogP contribution is 2.27. The van der Waals surface area contributed by atoms with Gasteiger partial charge in [-0.25, -0.2) is 0 Å². The molecule has 96 valence electrons. The van der Waals surface area contributed by atoms with E-state index in [1.54, 1.807) is 23.1 Å². The Morgan fingerprint density at radius 2 is 2.16 bits per heavy atom. The molecule has 0 spiro atoms. The predicted octanol–water partition coefficient (Wildman–Crippen LogP) is 3.40. The van der Waals surface area contributed by atoms with Gasteiger partial charge in [-0.1, -0.05) is 24.1 Å². The Balaban J connectivity index is 2.08. The van der Waals surface area contributed by atoms with E-state index in [0.29, 0.717) is 5.56 Å². The van der Waals surface area contributed by atoms with Crippen LogP contribution in [0.25, 0.3) is 0 Å². The lowest BCUT2D eigenvalue weighted by molar-refractivity contribution is 0.0956. The minimum Gasteiger partial charge on any atom is -0.341 e. The van der Waals surface area contributed by atoms with E-state index in [1.807, 2.05) is 30.3 Å². The van der Waals surface area contributed by atoms with Crippen LogP contribution in [-0.2, 0) is 5.75 Å². The number of thiophene rings is 1. The van der Waals surface area contributed by atoms with E-state index < -0.39 is 0 Å². The van der Waals surface area contributed by atoms with Crippen molar-refractivity contribution in [2.45, 2.75) is 10.6 Å². The molecular formula is C15H13NOS2. The largest absolute Gasteiger partial charge is 0.341 e. The Morgan fingerprint density at radius 1 is 1.32 bits per heavy atom. The smallest absolute Gasteiger partial charge is 0.253 e. The van der Waals surface area contributed by atoms with Crippen molar-refractivity contribution in [2.24, 2.45) is 0 Å². The molecule has 0 radical (unpaired) electrons. The van der Waals surface area contributed by atoms with Crippen LogP contribution in [0.2, 0.25) is 0 Å². The van der Waals surface area contributed by atoms with Gasteiger partial charge in [-0.2, -0.15) is 0 Å². The van der Waals surface area contributed by atoms with E-state index >= 15 is 0 Å². The number of hydrogen-bond donors (Lipinski definition) is 1. The van der Waals surface area contributed by atoms with E-state index in [4.69, 9.17) is 6.42 Å². The first kappa shape index (κ1) is 13.7. The van der Waals surface area contributed by atoms with Gasteiger partial charge in [0.05, 0.1) is 12.1 Å². The number of thioether (sulfide) groups is 1. The second-order valence-corrected chi connectivity index (χ2v) is 5.80. The Labute approximate surface area is 121 Å². The van der Waals surface area contributed by atoms with Crippen molar-refractivity contribution in [3.05, 3.63) is 52.2 Å². The maximum atomic E-state index is 12.0. The zero-order valence-electron chi connectivity index (χ0n) is 10.3. The van der Waals surface area contributed by atoms with Gasteiger partial charge in [0.2, 0.25) is 0 Å². The fourth-order valence-electron chi connectivity index (χ4n) is 1.55. The average Bonchev–Trinajstić information content (AvgIpc) is 2.96. The maximum Gasteiger partial charge on any atom is 0.253 e. The van der Waals surface area contributed by atoms with E-state index in [1.165, 1.54) is 4.88 Å². The highest BCUT2D eigenvalue weighted by molar-refractivity contribution is 7.98. The summed E-state index contributed by atoms with van der Waals surface area (Å²) in [7, 11) is 0. The summed E-state index contributed by atoms with van der Waals surface area (Å²) < 4.78 is 0. The number of carbonyl (C=O) groups is 1. The van der Waals surface area contributed by atoms with Gasteiger partial charge >= 0.3 is 0 Å². The number of benzene rings is 1. The summed E-state index contributed by atoms with van der Waals surface area (Å²) in [5.74, 6) is 3.16. The molecule has 2 rings (SSSR count). The molecule has 0 aliphatic heterocycles. The summed E-state index contributed by atoms with van der Waals surface area (Å²) in [5, 5.41) is 4.75. The highest BCUT2D eigenvalue weighted by Gasteiger charge is 2.10. The molecule has 0 unspecified atom stereocenters. The standard InChI is InChI=1S/C15H13NOS2/c1-2-9-16-15(17)13-7-3-4-8-14(13)19-11-12-6-5-10-18-12/h1,3-8,10H,9,11H2,(H,16,17). The van der Waals surface area contributed by atoms with Crippen LogP contribution in [0.1, 0.15) is 15.2 Å². The van der Waals surface area contributed by atoms with Crippen molar-refractivity contribution in [3.8, 4) is 12.3 Å². The lowest BCUT2D eigenvalue weighted by Crippen LogP contribution is -2.24. The van der Waals surface area contributed by atoms with Crippen molar-refractivity contribution in [1.82, 2.24) is 5.32 Å². The highest BCUT2D eigenvalue weighted by atomic mass is 32.2. The molecule has 0 atom stereocenters. The van der Waals surface area contributed by atoms with Crippen molar-refractivity contribution in [3.63, 3.8) is 0 Å². The first-order chi connectivity index (χ1) is 9.31. The van der Waals surface area contributed by atoms with E-state index in [2.05, 4.69) is 22.7 Å². The van der Waals surface area contributed by atoms with Crippen LogP contribution in [0.3, 0.4) is 0 Å². The Bertz CT molecular complexity index is 584. The Kier molecular flexibility index (Phi) is 5.08. The normalized spacial score (nSPS) is 9.84. The fraction of sp³-hybridized carbons (Fsp3) is 0.133. The minimum atomic E-state index is -0.118. The molecule has 0 aliphatic carbocycles. The monoisotopic (exact) mass is 287 g/mol. The summed E-state index contributed by atoms with van der Waals surface area (Å²) in [4.78, 5) is 14.2. The molecule has 4 heteroatoms. The second-order valence-electron chi connectivity index (χ2n) is 3.75. The van der Waals surface area contributed by atoms with Gasteiger partial charge in [-0.3, -0.25) is 4.79 Å². The third-order valence-electron chi connectivity index (χ3n) is 2.43. The van der Waals surface area contributed by atoms with E-state index in [9.17, 15) is 4.79 Å². The zero-order chi connectivity index (χ0) is 13.5. The molecule has 0 saturated carbocycles. The van der Waals surface area contributed by atoms with Crippen LogP contribution < -0.4 is 5.32 Å². The molecule has 0 aliphatic rings. The molecule has 19 heavy (non-hydrogen) atoms. The summed E-state index contributed by atoms with van der Waals surface area (Å²) in [5.41, 5.74) is 0.680. The van der Waals surface area contributed by atoms with Gasteiger partial charge in [0.15, 0.2) is 0 Å². The molecule has 1 aromatic heterocycles. The van der Waals surface area contributed by atoms with Crippen molar-refractivity contribution in [2.75, 3.05) is 6.54 Å².